The third kappa shape index (κ3) is 3.89. The van der Waals surface area contributed by atoms with Crippen LogP contribution in [0.25, 0.3) is 0 Å². The Bertz CT molecular complexity index is 573. The molecule has 4 nitrogen and oxygen atoms in total. The van der Waals surface area contributed by atoms with E-state index < -0.39 is 5.97 Å². The summed E-state index contributed by atoms with van der Waals surface area (Å²) in [5, 5.41) is 8.92. The lowest BCUT2D eigenvalue weighted by Gasteiger charge is -2.44. The van der Waals surface area contributed by atoms with Gasteiger partial charge < -0.3 is 10.0 Å². The predicted octanol–water partition coefficient (Wildman–Crippen LogP) is 3.21. The SMILES string of the molecule is O=C(O)c1ccc(CC(=O)N2CCSC3(CCCCC3)C2)cc1. The van der Waals surface area contributed by atoms with Crippen molar-refractivity contribution in [1.29, 1.82) is 0 Å². The Kier molecular flexibility index (Phi) is 4.95. The summed E-state index contributed by atoms with van der Waals surface area (Å²) in [4.78, 5) is 25.5. The molecular formula is C18H23NO3S. The zero-order valence-electron chi connectivity index (χ0n) is 13.3. The van der Waals surface area contributed by atoms with Gasteiger partial charge in [-0.3, -0.25) is 4.79 Å². The van der Waals surface area contributed by atoms with E-state index in [9.17, 15) is 9.59 Å². The quantitative estimate of drug-likeness (QED) is 0.923. The number of thioether (sulfide) groups is 1. The maximum absolute atomic E-state index is 12.6. The molecule has 1 spiro atoms. The summed E-state index contributed by atoms with van der Waals surface area (Å²) in [6.45, 7) is 1.71. The smallest absolute Gasteiger partial charge is 0.335 e. The summed E-state index contributed by atoms with van der Waals surface area (Å²) in [5.74, 6) is 0.262. The molecule has 2 aliphatic rings. The topological polar surface area (TPSA) is 57.6 Å². The van der Waals surface area contributed by atoms with Gasteiger partial charge in [0, 0.05) is 23.6 Å². The Morgan fingerprint density at radius 2 is 1.83 bits per heavy atom. The molecule has 5 heteroatoms. The first-order chi connectivity index (χ1) is 11.1. The van der Waals surface area contributed by atoms with Crippen molar-refractivity contribution in [1.82, 2.24) is 4.90 Å². The molecule has 2 fully saturated rings. The fourth-order valence-electron chi connectivity index (χ4n) is 3.61. The van der Waals surface area contributed by atoms with Gasteiger partial charge in [-0.2, -0.15) is 11.8 Å². The summed E-state index contributed by atoms with van der Waals surface area (Å²) in [6.07, 6.45) is 6.72. The van der Waals surface area contributed by atoms with Gasteiger partial charge in [0.1, 0.15) is 0 Å². The molecule has 1 aromatic carbocycles. The highest BCUT2D eigenvalue weighted by molar-refractivity contribution is 8.00. The Morgan fingerprint density at radius 3 is 2.48 bits per heavy atom. The third-order valence-corrected chi connectivity index (χ3v) is 6.46. The number of aromatic carboxylic acids is 1. The van der Waals surface area contributed by atoms with Crippen molar-refractivity contribution in [3.8, 4) is 0 Å². The molecule has 1 saturated carbocycles. The zero-order valence-corrected chi connectivity index (χ0v) is 14.1. The second-order valence-corrected chi connectivity index (χ2v) is 8.15. The summed E-state index contributed by atoms with van der Waals surface area (Å²) in [6, 6.07) is 6.63. The number of benzene rings is 1. The summed E-state index contributed by atoms with van der Waals surface area (Å²) < 4.78 is 0.291. The fourth-order valence-corrected chi connectivity index (χ4v) is 5.18. The van der Waals surface area contributed by atoms with E-state index in [0.717, 1.165) is 24.4 Å². The highest BCUT2D eigenvalue weighted by Crippen LogP contribution is 2.42. The van der Waals surface area contributed by atoms with E-state index in [0.29, 0.717) is 11.2 Å². The lowest BCUT2D eigenvalue weighted by Crippen LogP contribution is -2.50. The molecular weight excluding hydrogens is 310 g/mol. The second kappa shape index (κ2) is 6.95. The van der Waals surface area contributed by atoms with Crippen LogP contribution in [0.5, 0.6) is 0 Å². The number of carbonyl (C=O) groups excluding carboxylic acids is 1. The van der Waals surface area contributed by atoms with Crippen LogP contribution in [-0.2, 0) is 11.2 Å². The molecule has 1 amide bonds. The third-order valence-electron chi connectivity index (χ3n) is 4.92. The van der Waals surface area contributed by atoms with Gasteiger partial charge in [-0.05, 0) is 30.5 Å². The van der Waals surface area contributed by atoms with E-state index in [1.807, 2.05) is 4.90 Å². The summed E-state index contributed by atoms with van der Waals surface area (Å²) in [7, 11) is 0. The van der Waals surface area contributed by atoms with Gasteiger partial charge in [0.05, 0.1) is 12.0 Å². The molecule has 1 aromatic rings. The highest BCUT2D eigenvalue weighted by Gasteiger charge is 2.38. The molecule has 1 aliphatic heterocycles. The van der Waals surface area contributed by atoms with Crippen LogP contribution in [0.15, 0.2) is 24.3 Å². The molecule has 1 N–H and O–H groups in total. The van der Waals surface area contributed by atoms with Gasteiger partial charge in [-0.1, -0.05) is 31.4 Å². The van der Waals surface area contributed by atoms with E-state index in [2.05, 4.69) is 11.8 Å². The molecule has 0 atom stereocenters. The first-order valence-corrected chi connectivity index (χ1v) is 9.31. The standard InChI is InChI=1S/C18H23NO3S/c20-16(12-14-4-6-15(7-5-14)17(21)22)19-10-11-23-18(13-19)8-2-1-3-9-18/h4-7H,1-3,8-13H2,(H,21,22). The van der Waals surface area contributed by atoms with E-state index in [1.54, 1.807) is 24.3 Å². The first-order valence-electron chi connectivity index (χ1n) is 8.32. The number of nitrogens with zero attached hydrogens (tertiary/aromatic N) is 1. The zero-order chi connectivity index (χ0) is 16.3. The summed E-state index contributed by atoms with van der Waals surface area (Å²) in [5.41, 5.74) is 1.15. The fraction of sp³-hybridized carbons (Fsp3) is 0.556. The predicted molar refractivity (Wildman–Crippen MR) is 92.0 cm³/mol. The van der Waals surface area contributed by atoms with Gasteiger partial charge in [0.2, 0.25) is 5.91 Å². The van der Waals surface area contributed by atoms with Crippen LogP contribution >= 0.6 is 11.8 Å². The summed E-state index contributed by atoms with van der Waals surface area (Å²) >= 11 is 2.06. The van der Waals surface area contributed by atoms with Crippen molar-refractivity contribution >= 4 is 23.6 Å². The van der Waals surface area contributed by atoms with Crippen LogP contribution in [0, 0.1) is 0 Å². The molecule has 0 unspecified atom stereocenters. The van der Waals surface area contributed by atoms with Crippen LogP contribution in [-0.4, -0.2) is 45.5 Å². The number of carboxylic acids is 1. The van der Waals surface area contributed by atoms with Gasteiger partial charge in [0.25, 0.3) is 0 Å². The maximum Gasteiger partial charge on any atom is 0.335 e. The first kappa shape index (κ1) is 16.4. The van der Waals surface area contributed by atoms with E-state index >= 15 is 0 Å². The van der Waals surface area contributed by atoms with Gasteiger partial charge in [0.15, 0.2) is 0 Å². The van der Waals surface area contributed by atoms with E-state index in [4.69, 9.17) is 5.11 Å². The molecule has 0 radical (unpaired) electrons. The van der Waals surface area contributed by atoms with E-state index in [-0.39, 0.29) is 11.5 Å². The minimum absolute atomic E-state index is 0.165. The van der Waals surface area contributed by atoms with Crippen molar-refractivity contribution in [2.45, 2.75) is 43.3 Å². The van der Waals surface area contributed by atoms with Crippen LogP contribution in [0.3, 0.4) is 0 Å². The Morgan fingerprint density at radius 1 is 1.13 bits per heavy atom. The largest absolute Gasteiger partial charge is 0.478 e. The molecule has 3 rings (SSSR count). The molecule has 1 saturated heterocycles. The van der Waals surface area contributed by atoms with Gasteiger partial charge in [-0.25, -0.2) is 4.79 Å². The lowest BCUT2D eigenvalue weighted by atomic mass is 9.87. The lowest BCUT2D eigenvalue weighted by molar-refractivity contribution is -0.131. The minimum atomic E-state index is -0.935. The van der Waals surface area contributed by atoms with Crippen LogP contribution < -0.4 is 0 Å². The minimum Gasteiger partial charge on any atom is -0.478 e. The average Bonchev–Trinajstić information content (AvgIpc) is 2.56. The van der Waals surface area contributed by atoms with Crippen molar-refractivity contribution in [2.75, 3.05) is 18.8 Å². The van der Waals surface area contributed by atoms with E-state index in [1.165, 1.54) is 32.1 Å². The number of carboxylic acid groups (broad SMARTS) is 1. The maximum atomic E-state index is 12.6. The van der Waals surface area contributed by atoms with Gasteiger partial charge >= 0.3 is 5.97 Å². The number of hydrogen-bond acceptors (Lipinski definition) is 3. The Labute approximate surface area is 141 Å². The Hall–Kier alpha value is -1.49. The normalized spacial score (nSPS) is 20.4. The van der Waals surface area contributed by atoms with Crippen molar-refractivity contribution in [3.63, 3.8) is 0 Å². The molecule has 0 bridgehead atoms. The van der Waals surface area contributed by atoms with Crippen LogP contribution in [0.4, 0.5) is 0 Å². The van der Waals surface area contributed by atoms with Gasteiger partial charge in [-0.15, -0.1) is 0 Å². The molecule has 1 aliphatic carbocycles. The highest BCUT2D eigenvalue weighted by atomic mass is 32.2. The van der Waals surface area contributed by atoms with Crippen LogP contribution in [0.2, 0.25) is 0 Å². The molecule has 23 heavy (non-hydrogen) atoms. The average molecular weight is 333 g/mol. The number of carbonyl (C=O) groups is 2. The number of rotatable bonds is 3. The van der Waals surface area contributed by atoms with Crippen molar-refractivity contribution < 1.29 is 14.7 Å². The van der Waals surface area contributed by atoms with Crippen molar-refractivity contribution in [2.24, 2.45) is 0 Å². The molecule has 1 heterocycles. The van der Waals surface area contributed by atoms with Crippen LogP contribution in [0.1, 0.15) is 48.0 Å². The second-order valence-electron chi connectivity index (χ2n) is 6.59. The van der Waals surface area contributed by atoms with Crippen molar-refractivity contribution in [3.05, 3.63) is 35.4 Å². The number of hydrogen-bond donors (Lipinski definition) is 1. The Balaban J connectivity index is 1.62. The number of amides is 1. The monoisotopic (exact) mass is 333 g/mol. The molecule has 0 aromatic heterocycles. The molecule has 124 valence electrons.